The zero-order chi connectivity index (χ0) is 15.6. The first-order chi connectivity index (χ1) is 10.3. The van der Waals surface area contributed by atoms with E-state index in [1.54, 1.807) is 0 Å². The maximum atomic E-state index is 10.6. The van der Waals surface area contributed by atoms with Crippen molar-refractivity contribution in [1.82, 2.24) is 0 Å². The van der Waals surface area contributed by atoms with Crippen LogP contribution in [0.15, 0.2) is 12.2 Å². The van der Waals surface area contributed by atoms with Gasteiger partial charge in [-0.05, 0) is 32.1 Å². The molecule has 0 fully saturated rings. The quantitative estimate of drug-likeness (QED) is 0.204. The van der Waals surface area contributed by atoms with E-state index in [0.717, 1.165) is 6.42 Å². The summed E-state index contributed by atoms with van der Waals surface area (Å²) < 4.78 is 4.91. The van der Waals surface area contributed by atoms with E-state index in [-0.39, 0.29) is 5.97 Å². The molecule has 0 saturated heterocycles. The van der Waals surface area contributed by atoms with Crippen LogP contribution < -0.4 is 0 Å². The summed E-state index contributed by atoms with van der Waals surface area (Å²) in [7, 11) is 0. The van der Waals surface area contributed by atoms with Gasteiger partial charge >= 0.3 is 5.97 Å². The average molecular weight is 296 g/mol. The molecule has 0 rings (SSSR count). The van der Waals surface area contributed by atoms with Crippen LogP contribution >= 0.6 is 0 Å². The fourth-order valence-corrected chi connectivity index (χ4v) is 2.39. The third-order valence-corrected chi connectivity index (χ3v) is 3.71. The van der Waals surface area contributed by atoms with E-state index in [1.165, 1.54) is 84.0 Å². The van der Waals surface area contributed by atoms with Crippen molar-refractivity contribution < 1.29 is 9.53 Å². The van der Waals surface area contributed by atoms with Crippen LogP contribution in [0.4, 0.5) is 0 Å². The number of carbonyl (C=O) groups is 1. The molecule has 0 heterocycles. The van der Waals surface area contributed by atoms with Crippen molar-refractivity contribution >= 4 is 5.97 Å². The Bertz CT molecular complexity index is 246. The van der Waals surface area contributed by atoms with Crippen LogP contribution in [0.3, 0.4) is 0 Å². The summed E-state index contributed by atoms with van der Waals surface area (Å²) in [5.74, 6) is -0.162. The number of esters is 1. The minimum Gasteiger partial charge on any atom is -0.466 e. The fourth-order valence-electron chi connectivity index (χ4n) is 2.39. The van der Waals surface area contributed by atoms with Gasteiger partial charge in [-0.15, -0.1) is 0 Å². The Balaban J connectivity index is 3.07. The van der Waals surface area contributed by atoms with Gasteiger partial charge in [-0.3, -0.25) is 4.79 Å². The Morgan fingerprint density at radius 1 is 0.762 bits per heavy atom. The molecule has 0 aromatic rings. The van der Waals surface area contributed by atoms with Crippen molar-refractivity contribution in [3.8, 4) is 0 Å². The van der Waals surface area contributed by atoms with Crippen LogP contribution in [-0.4, -0.2) is 12.6 Å². The molecular weight excluding hydrogens is 260 g/mol. The van der Waals surface area contributed by atoms with Crippen molar-refractivity contribution in [1.29, 1.82) is 0 Å². The Hall–Kier alpha value is -0.790. The Morgan fingerprint density at radius 2 is 1.24 bits per heavy atom. The molecule has 0 radical (unpaired) electrons. The molecule has 0 aliphatic carbocycles. The van der Waals surface area contributed by atoms with Crippen molar-refractivity contribution in [2.45, 2.75) is 97.3 Å². The number of ether oxygens (including phenoxy) is 1. The average Bonchev–Trinajstić information content (AvgIpc) is 2.46. The Morgan fingerprint density at radius 3 is 1.76 bits per heavy atom. The van der Waals surface area contributed by atoms with Gasteiger partial charge in [-0.1, -0.05) is 70.4 Å². The van der Waals surface area contributed by atoms with E-state index in [9.17, 15) is 4.79 Å². The zero-order valence-corrected chi connectivity index (χ0v) is 14.4. The molecule has 0 aliphatic rings. The first-order valence-corrected chi connectivity index (χ1v) is 9.05. The van der Waals surface area contributed by atoms with Gasteiger partial charge < -0.3 is 4.74 Å². The van der Waals surface area contributed by atoms with Gasteiger partial charge in [-0.2, -0.15) is 0 Å². The van der Waals surface area contributed by atoms with Gasteiger partial charge in [0.05, 0.1) is 6.61 Å². The Kier molecular flexibility index (Phi) is 16.6. The molecule has 0 amide bonds. The maximum Gasteiger partial charge on any atom is 0.302 e. The molecule has 0 bridgehead atoms. The lowest BCUT2D eigenvalue weighted by atomic mass is 10.1. The number of unbranched alkanes of at least 4 members (excludes halogenated alkanes) is 11. The van der Waals surface area contributed by atoms with E-state index in [0.29, 0.717) is 6.61 Å². The van der Waals surface area contributed by atoms with E-state index < -0.39 is 0 Å². The summed E-state index contributed by atoms with van der Waals surface area (Å²) >= 11 is 0. The highest BCUT2D eigenvalue weighted by Crippen LogP contribution is 2.09. The van der Waals surface area contributed by atoms with E-state index in [1.807, 2.05) is 0 Å². The second-order valence-corrected chi connectivity index (χ2v) is 5.92. The van der Waals surface area contributed by atoms with E-state index in [2.05, 4.69) is 19.1 Å². The number of carbonyl (C=O) groups excluding carboxylic acids is 1. The standard InChI is InChI=1S/C19H36O2/c1-3-4-5-6-7-8-9-10-11-12-13-14-15-16-17-18-21-19(2)20/h10-11H,3-9,12-18H2,1-2H3. The summed E-state index contributed by atoms with van der Waals surface area (Å²) in [4.78, 5) is 10.6. The van der Waals surface area contributed by atoms with Crippen LogP contribution in [0.5, 0.6) is 0 Å². The van der Waals surface area contributed by atoms with E-state index >= 15 is 0 Å². The van der Waals surface area contributed by atoms with Crippen molar-refractivity contribution in [2.75, 3.05) is 6.61 Å². The second-order valence-electron chi connectivity index (χ2n) is 5.92. The van der Waals surface area contributed by atoms with Gasteiger partial charge in [0.1, 0.15) is 0 Å². The molecular formula is C19H36O2. The molecule has 0 saturated carbocycles. The molecule has 0 aromatic carbocycles. The molecule has 0 N–H and O–H groups in total. The van der Waals surface area contributed by atoms with Crippen LogP contribution in [0, 0.1) is 0 Å². The van der Waals surface area contributed by atoms with Gasteiger partial charge in [-0.25, -0.2) is 0 Å². The minimum absolute atomic E-state index is 0.162. The molecule has 0 atom stereocenters. The summed E-state index contributed by atoms with van der Waals surface area (Å²) in [5, 5.41) is 0. The molecule has 124 valence electrons. The summed E-state index contributed by atoms with van der Waals surface area (Å²) in [6, 6.07) is 0. The maximum absolute atomic E-state index is 10.6. The second kappa shape index (κ2) is 17.3. The van der Waals surface area contributed by atoms with Crippen molar-refractivity contribution in [3.05, 3.63) is 12.2 Å². The number of hydrogen-bond acceptors (Lipinski definition) is 2. The van der Waals surface area contributed by atoms with Crippen molar-refractivity contribution in [2.24, 2.45) is 0 Å². The summed E-state index contributed by atoms with van der Waals surface area (Å²) in [5.41, 5.74) is 0. The zero-order valence-electron chi connectivity index (χ0n) is 14.4. The third kappa shape index (κ3) is 19.2. The fraction of sp³-hybridized carbons (Fsp3) is 0.842. The first-order valence-electron chi connectivity index (χ1n) is 9.05. The molecule has 0 aliphatic heterocycles. The topological polar surface area (TPSA) is 26.3 Å². The van der Waals surface area contributed by atoms with E-state index in [4.69, 9.17) is 4.74 Å². The lowest BCUT2D eigenvalue weighted by molar-refractivity contribution is -0.141. The minimum atomic E-state index is -0.162. The predicted octanol–water partition coefficient (Wildman–Crippen LogP) is 6.20. The van der Waals surface area contributed by atoms with Gasteiger partial charge in [0, 0.05) is 6.92 Å². The molecule has 2 heteroatoms. The highest BCUT2D eigenvalue weighted by molar-refractivity contribution is 5.65. The van der Waals surface area contributed by atoms with Crippen LogP contribution in [0.25, 0.3) is 0 Å². The van der Waals surface area contributed by atoms with Crippen molar-refractivity contribution in [3.63, 3.8) is 0 Å². The first kappa shape index (κ1) is 20.2. The molecule has 2 nitrogen and oxygen atoms in total. The smallest absolute Gasteiger partial charge is 0.302 e. The van der Waals surface area contributed by atoms with Gasteiger partial charge in [0.15, 0.2) is 0 Å². The van der Waals surface area contributed by atoms with Crippen LogP contribution in [0.2, 0.25) is 0 Å². The monoisotopic (exact) mass is 296 g/mol. The normalized spacial score (nSPS) is 11.1. The van der Waals surface area contributed by atoms with Gasteiger partial charge in [0.25, 0.3) is 0 Å². The highest BCUT2D eigenvalue weighted by Gasteiger charge is 1.93. The number of allylic oxidation sites excluding steroid dienone is 2. The largest absolute Gasteiger partial charge is 0.466 e. The highest BCUT2D eigenvalue weighted by atomic mass is 16.5. The van der Waals surface area contributed by atoms with Gasteiger partial charge in [0.2, 0.25) is 0 Å². The van der Waals surface area contributed by atoms with Crippen LogP contribution in [0.1, 0.15) is 97.3 Å². The molecule has 21 heavy (non-hydrogen) atoms. The Labute approximate surface area is 132 Å². The molecule has 0 unspecified atom stereocenters. The number of hydrogen-bond donors (Lipinski definition) is 0. The summed E-state index contributed by atoms with van der Waals surface area (Å²) in [6.07, 6.45) is 21.5. The molecule has 0 aromatic heterocycles. The SMILES string of the molecule is CCCCCCCCC=CCCCCCCCOC(C)=O. The lowest BCUT2D eigenvalue weighted by Gasteiger charge is -2.01. The summed E-state index contributed by atoms with van der Waals surface area (Å²) in [6.45, 7) is 4.33. The predicted molar refractivity (Wildman–Crippen MR) is 91.5 cm³/mol. The third-order valence-electron chi connectivity index (χ3n) is 3.71. The molecule has 0 spiro atoms. The lowest BCUT2D eigenvalue weighted by Crippen LogP contribution is -1.99. The van der Waals surface area contributed by atoms with Crippen LogP contribution in [-0.2, 0) is 9.53 Å². The number of rotatable bonds is 15.